The smallest absolute Gasteiger partial charge is 0.249 e. The molecule has 4 N–H and O–H groups in total. The molecule has 0 spiro atoms. The van der Waals surface area contributed by atoms with Gasteiger partial charge in [0, 0.05) is 19.2 Å². The van der Waals surface area contributed by atoms with E-state index < -0.39 is 12.4 Å². The number of imide groups is 1. The molecule has 1 aromatic rings. The molecule has 2 amide bonds. The van der Waals surface area contributed by atoms with Gasteiger partial charge < -0.3 is 20.6 Å². The lowest BCUT2D eigenvalue weighted by Gasteiger charge is -2.34. The summed E-state index contributed by atoms with van der Waals surface area (Å²) in [6.07, 6.45) is -0.289. The number of piperidine rings is 1. The molecule has 0 radical (unpaired) electrons. The third-order valence-corrected chi connectivity index (χ3v) is 3.80. The van der Waals surface area contributed by atoms with Gasteiger partial charge in [0.2, 0.25) is 18.2 Å². The summed E-state index contributed by atoms with van der Waals surface area (Å²) in [6, 6.07) is 4.70. The highest BCUT2D eigenvalue weighted by molar-refractivity contribution is 6.02. The van der Waals surface area contributed by atoms with Gasteiger partial charge in [-0.1, -0.05) is 0 Å². The summed E-state index contributed by atoms with van der Waals surface area (Å²) in [5, 5.41) is 12.7. The van der Waals surface area contributed by atoms with Gasteiger partial charge in [-0.05, 0) is 24.6 Å². The number of benzene rings is 1. The Morgan fingerprint density at radius 3 is 2.80 bits per heavy atom. The van der Waals surface area contributed by atoms with Gasteiger partial charge in [0.1, 0.15) is 6.04 Å². The fraction of sp³-hybridized carbons (Fsp3) is 0.385. The number of nitrogens with zero attached hydrogens (tertiary/aromatic N) is 2. The van der Waals surface area contributed by atoms with Crippen LogP contribution in [0.25, 0.3) is 0 Å². The molecule has 1 aromatic carbocycles. The quantitative estimate of drug-likeness (QED) is 0.477. The molecule has 2 atom stereocenters. The van der Waals surface area contributed by atoms with Crippen LogP contribution in [0.1, 0.15) is 12.8 Å². The summed E-state index contributed by atoms with van der Waals surface area (Å²) >= 11 is 0. The van der Waals surface area contributed by atoms with E-state index >= 15 is 0 Å². The lowest BCUT2D eigenvalue weighted by atomic mass is 10.0. The van der Waals surface area contributed by atoms with E-state index in [0.29, 0.717) is 12.1 Å². The first kappa shape index (κ1) is 12.7. The first-order chi connectivity index (χ1) is 9.49. The number of carbonyl (C=O) groups excluding carboxylic acids is 2. The van der Waals surface area contributed by atoms with Crippen LogP contribution in [0.4, 0.5) is 17.1 Å². The van der Waals surface area contributed by atoms with E-state index in [4.69, 9.17) is 5.73 Å². The normalized spacial score (nSPS) is 25.7. The number of nitrogen functional groups attached to an aromatic ring is 1. The Hall–Kier alpha value is -2.28. The van der Waals surface area contributed by atoms with Crippen molar-refractivity contribution in [3.8, 4) is 0 Å². The number of carbonyl (C=O) groups is 2. The van der Waals surface area contributed by atoms with Gasteiger partial charge >= 0.3 is 0 Å². The van der Waals surface area contributed by atoms with Gasteiger partial charge in [0.15, 0.2) is 0 Å². The van der Waals surface area contributed by atoms with Gasteiger partial charge in [-0.3, -0.25) is 14.9 Å². The molecule has 1 saturated heterocycles. The Labute approximate surface area is 116 Å². The van der Waals surface area contributed by atoms with E-state index in [1.807, 2.05) is 0 Å². The Balaban J connectivity index is 1.99. The van der Waals surface area contributed by atoms with Crippen LogP contribution in [0.5, 0.6) is 0 Å². The second-order valence-electron chi connectivity index (χ2n) is 5.08. The molecule has 2 unspecified atom stereocenters. The Morgan fingerprint density at radius 2 is 2.10 bits per heavy atom. The summed E-state index contributed by atoms with van der Waals surface area (Å²) in [7, 11) is 1.73. The van der Waals surface area contributed by atoms with E-state index in [1.54, 1.807) is 35.0 Å². The number of aliphatic hydroxyl groups excluding tert-OH is 1. The van der Waals surface area contributed by atoms with Crippen molar-refractivity contribution in [2.45, 2.75) is 25.2 Å². The van der Waals surface area contributed by atoms with Gasteiger partial charge in [-0.2, -0.15) is 0 Å². The number of fused-ring (bicyclic) bond motifs is 1. The third-order valence-electron chi connectivity index (χ3n) is 3.80. The molecule has 0 bridgehead atoms. The predicted octanol–water partition coefficient (Wildman–Crippen LogP) is -0.394. The number of aliphatic hydroxyl groups is 1. The molecule has 106 valence electrons. The molecule has 2 heterocycles. The number of rotatable bonds is 1. The maximum Gasteiger partial charge on any atom is 0.249 e. The van der Waals surface area contributed by atoms with Gasteiger partial charge in [0.25, 0.3) is 0 Å². The van der Waals surface area contributed by atoms with E-state index in [2.05, 4.69) is 5.32 Å². The molecule has 7 heteroatoms. The first-order valence-corrected chi connectivity index (χ1v) is 6.41. The predicted molar refractivity (Wildman–Crippen MR) is 73.9 cm³/mol. The highest BCUT2D eigenvalue weighted by Crippen LogP contribution is 2.41. The first-order valence-electron chi connectivity index (χ1n) is 6.41. The minimum absolute atomic E-state index is 0.271. The molecular weight excluding hydrogens is 260 g/mol. The number of hydrogen-bond donors (Lipinski definition) is 3. The highest BCUT2D eigenvalue weighted by Gasteiger charge is 2.41. The van der Waals surface area contributed by atoms with E-state index in [0.717, 1.165) is 11.4 Å². The largest absolute Gasteiger partial charge is 0.399 e. The second kappa shape index (κ2) is 4.38. The average Bonchev–Trinajstić information content (AvgIpc) is 2.63. The second-order valence-corrected chi connectivity index (χ2v) is 5.08. The maximum absolute atomic E-state index is 12.0. The van der Waals surface area contributed by atoms with Crippen LogP contribution >= 0.6 is 0 Å². The van der Waals surface area contributed by atoms with Crippen LogP contribution in [-0.4, -0.2) is 36.4 Å². The number of nitrogens with one attached hydrogen (secondary N) is 1. The molecular formula is C13H16N4O3. The van der Waals surface area contributed by atoms with Crippen molar-refractivity contribution in [1.82, 2.24) is 5.32 Å². The molecule has 2 aliphatic heterocycles. The maximum atomic E-state index is 12.0. The third kappa shape index (κ3) is 1.78. The Kier molecular flexibility index (Phi) is 2.79. The number of hydrogen-bond acceptors (Lipinski definition) is 6. The van der Waals surface area contributed by atoms with Crippen molar-refractivity contribution in [2.24, 2.45) is 0 Å². The highest BCUT2D eigenvalue weighted by atomic mass is 16.3. The molecule has 3 rings (SSSR count). The van der Waals surface area contributed by atoms with E-state index in [-0.39, 0.29) is 18.2 Å². The van der Waals surface area contributed by atoms with Crippen molar-refractivity contribution >= 4 is 28.9 Å². The van der Waals surface area contributed by atoms with Gasteiger partial charge in [-0.25, -0.2) is 0 Å². The zero-order chi connectivity index (χ0) is 14.4. The zero-order valence-corrected chi connectivity index (χ0v) is 11.0. The Bertz CT molecular complexity index is 589. The van der Waals surface area contributed by atoms with Crippen LogP contribution in [0.15, 0.2) is 18.2 Å². The van der Waals surface area contributed by atoms with Crippen LogP contribution in [0.3, 0.4) is 0 Å². The number of amides is 2. The van der Waals surface area contributed by atoms with Crippen molar-refractivity contribution in [3.63, 3.8) is 0 Å². The molecule has 0 aromatic heterocycles. The van der Waals surface area contributed by atoms with Gasteiger partial charge in [-0.15, -0.1) is 0 Å². The zero-order valence-electron chi connectivity index (χ0n) is 11.0. The molecule has 20 heavy (non-hydrogen) atoms. The van der Waals surface area contributed by atoms with Crippen LogP contribution in [0, 0.1) is 0 Å². The average molecular weight is 276 g/mol. The topological polar surface area (TPSA) is 98.9 Å². The van der Waals surface area contributed by atoms with Crippen LogP contribution in [0.2, 0.25) is 0 Å². The Morgan fingerprint density at radius 1 is 1.35 bits per heavy atom. The van der Waals surface area contributed by atoms with Crippen molar-refractivity contribution in [1.29, 1.82) is 0 Å². The minimum Gasteiger partial charge on any atom is -0.399 e. The lowest BCUT2D eigenvalue weighted by Crippen LogP contribution is -2.56. The number of nitrogens with two attached hydrogens (primary N) is 1. The lowest BCUT2D eigenvalue weighted by molar-refractivity contribution is -0.134. The van der Waals surface area contributed by atoms with Crippen molar-refractivity contribution in [3.05, 3.63) is 18.2 Å². The summed E-state index contributed by atoms with van der Waals surface area (Å²) in [4.78, 5) is 26.5. The molecule has 0 saturated carbocycles. The van der Waals surface area contributed by atoms with E-state index in [1.165, 1.54) is 0 Å². The molecule has 7 nitrogen and oxygen atoms in total. The van der Waals surface area contributed by atoms with Crippen LogP contribution < -0.4 is 20.9 Å². The van der Waals surface area contributed by atoms with Crippen molar-refractivity contribution < 1.29 is 14.7 Å². The molecule has 1 fully saturated rings. The standard InChI is InChI=1S/C13H16N4O3/c1-16-10-6-7(14)2-3-8(10)17(13(16)20)9-4-5-11(18)15-12(9)19/h2-3,6,9,13,20H,4-5,14H2,1H3,(H,15,18,19). The fourth-order valence-corrected chi connectivity index (χ4v) is 2.75. The summed E-state index contributed by atoms with van der Waals surface area (Å²) in [5.74, 6) is -0.649. The summed E-state index contributed by atoms with van der Waals surface area (Å²) in [6.45, 7) is 0. The molecule has 2 aliphatic rings. The minimum atomic E-state index is -0.948. The van der Waals surface area contributed by atoms with Gasteiger partial charge in [0.05, 0.1) is 11.4 Å². The molecule has 0 aliphatic carbocycles. The number of anilines is 3. The van der Waals surface area contributed by atoms with Crippen LogP contribution in [-0.2, 0) is 9.59 Å². The summed E-state index contributed by atoms with van der Waals surface area (Å²) in [5.41, 5.74) is 7.85. The summed E-state index contributed by atoms with van der Waals surface area (Å²) < 4.78 is 0. The van der Waals surface area contributed by atoms with Crippen molar-refractivity contribution in [2.75, 3.05) is 22.6 Å². The van der Waals surface area contributed by atoms with E-state index in [9.17, 15) is 14.7 Å². The monoisotopic (exact) mass is 276 g/mol. The SMILES string of the molecule is CN1c2cc(N)ccc2N(C2CCC(=O)NC2=O)C1O. The fourth-order valence-electron chi connectivity index (χ4n) is 2.75.